The summed E-state index contributed by atoms with van der Waals surface area (Å²) in [6.45, 7) is 10.2. The highest BCUT2D eigenvalue weighted by molar-refractivity contribution is 8.14. The molecule has 0 radical (unpaired) electrons. The van der Waals surface area contributed by atoms with Crippen LogP contribution in [0.15, 0.2) is 39.0 Å². The van der Waals surface area contributed by atoms with Gasteiger partial charge >= 0.3 is 0 Å². The van der Waals surface area contributed by atoms with Crippen LogP contribution in [0.2, 0.25) is 0 Å². The Hall–Kier alpha value is -0.850. The van der Waals surface area contributed by atoms with Gasteiger partial charge in [0.25, 0.3) is 0 Å². The van der Waals surface area contributed by atoms with Crippen LogP contribution in [0.1, 0.15) is 53.9 Å². The minimum absolute atomic E-state index is 0.348. The normalized spacial score (nSPS) is 24.2. The maximum absolute atomic E-state index is 10.1. The van der Waals surface area contributed by atoms with E-state index in [1.807, 2.05) is 33.9 Å². The van der Waals surface area contributed by atoms with Crippen molar-refractivity contribution in [2.45, 2.75) is 66.2 Å². The summed E-state index contributed by atoms with van der Waals surface area (Å²) in [5, 5.41) is 17.7. The Labute approximate surface area is 161 Å². The maximum Gasteiger partial charge on any atom is 0.172 e. The molecule has 2 aliphatic heterocycles. The van der Waals surface area contributed by atoms with Crippen LogP contribution in [-0.4, -0.2) is 34.6 Å². The Morgan fingerprint density at radius 1 is 1.24 bits per heavy atom. The number of aliphatic imine (C=N–C) groups is 1. The molecule has 2 unspecified atom stereocenters. The lowest BCUT2D eigenvalue weighted by Crippen LogP contribution is -2.31. The van der Waals surface area contributed by atoms with E-state index in [9.17, 15) is 5.11 Å². The van der Waals surface area contributed by atoms with Gasteiger partial charge in [-0.2, -0.15) is 0 Å². The molecule has 142 valence electrons. The number of hydrogen-bond acceptors (Lipinski definition) is 6. The molecule has 4 nitrogen and oxygen atoms in total. The van der Waals surface area contributed by atoms with Crippen molar-refractivity contribution in [1.82, 2.24) is 10.6 Å². The molecule has 0 saturated carbocycles. The van der Waals surface area contributed by atoms with E-state index < -0.39 is 6.23 Å². The summed E-state index contributed by atoms with van der Waals surface area (Å²) in [5.41, 5.74) is 3.66. The van der Waals surface area contributed by atoms with Crippen molar-refractivity contribution in [3.8, 4) is 0 Å². The number of nitrogens with zero attached hydrogens (tertiary/aromatic N) is 1. The maximum atomic E-state index is 10.1. The molecule has 1 aliphatic carbocycles. The van der Waals surface area contributed by atoms with Gasteiger partial charge in [0.05, 0.1) is 0 Å². The van der Waals surface area contributed by atoms with E-state index >= 15 is 0 Å². The third-order valence-electron chi connectivity index (χ3n) is 4.07. The number of thioether (sulfide) groups is 2. The smallest absolute Gasteiger partial charge is 0.172 e. The van der Waals surface area contributed by atoms with Crippen molar-refractivity contribution in [3.05, 3.63) is 34.0 Å². The molecule has 25 heavy (non-hydrogen) atoms. The average Bonchev–Trinajstić information content (AvgIpc) is 3.13. The third-order valence-corrected chi connectivity index (χ3v) is 5.85. The van der Waals surface area contributed by atoms with Gasteiger partial charge in [-0.05, 0) is 55.9 Å². The summed E-state index contributed by atoms with van der Waals surface area (Å²) in [6, 6.07) is 0.348. The predicted molar refractivity (Wildman–Crippen MR) is 115 cm³/mol. The second kappa shape index (κ2) is 11.7. The molecule has 0 fully saturated rings. The van der Waals surface area contributed by atoms with Gasteiger partial charge in [0, 0.05) is 22.4 Å². The van der Waals surface area contributed by atoms with E-state index in [1.165, 1.54) is 16.2 Å². The second-order valence-corrected chi connectivity index (χ2v) is 7.21. The van der Waals surface area contributed by atoms with Gasteiger partial charge in [-0.25, -0.2) is 4.99 Å². The van der Waals surface area contributed by atoms with Gasteiger partial charge in [-0.15, -0.1) is 11.8 Å². The van der Waals surface area contributed by atoms with Crippen LogP contribution in [0.4, 0.5) is 0 Å². The van der Waals surface area contributed by atoms with Gasteiger partial charge in [0.15, 0.2) is 11.4 Å². The summed E-state index contributed by atoms with van der Waals surface area (Å²) in [7, 11) is 0. The summed E-state index contributed by atoms with van der Waals surface area (Å²) in [6.07, 6.45) is 8.74. The first-order valence-corrected chi connectivity index (χ1v) is 11.5. The van der Waals surface area contributed by atoms with Gasteiger partial charge in [-0.3, -0.25) is 0 Å². The number of aliphatic hydroxyl groups is 1. The number of allylic oxidation sites excluding steroid dienone is 2. The van der Waals surface area contributed by atoms with Crippen LogP contribution in [0.3, 0.4) is 0 Å². The number of nitrogens with one attached hydrogen (secondary N) is 2. The summed E-state index contributed by atoms with van der Waals surface area (Å²) >= 11 is 3.46. The molecule has 0 aromatic heterocycles. The number of hydrogen-bond donors (Lipinski definition) is 3. The Bertz CT molecular complexity index is 553. The topological polar surface area (TPSA) is 56.7 Å². The first kappa shape index (κ1) is 22.2. The van der Waals surface area contributed by atoms with Crippen molar-refractivity contribution < 1.29 is 5.11 Å². The molecule has 0 spiro atoms. The Balaban J connectivity index is 0.000000730. The number of rotatable bonds is 3. The van der Waals surface area contributed by atoms with E-state index in [-0.39, 0.29) is 0 Å². The molecule has 0 bridgehead atoms. The Kier molecular flexibility index (Phi) is 10.4. The van der Waals surface area contributed by atoms with Gasteiger partial charge in [-0.1, -0.05) is 39.5 Å². The minimum Gasteiger partial charge on any atom is -0.385 e. The number of dihydropyridines is 1. The fourth-order valence-electron chi connectivity index (χ4n) is 2.85. The molecule has 3 aliphatic rings. The van der Waals surface area contributed by atoms with Gasteiger partial charge < -0.3 is 15.7 Å². The van der Waals surface area contributed by atoms with Crippen LogP contribution in [0, 0.1) is 0 Å². The standard InChI is InChI=1S/C15H21N3OS2.2C2H6/c1-9-11(13(20-2)6-7-16-9)8-21-15-17-12-5-3-4-10(12)14(19)18-15;2*1-2/h6-7,9,14,16,19H,3-5,8H2,1-2H3,(H,17,18);2*1-2H3. The van der Waals surface area contributed by atoms with Crippen molar-refractivity contribution in [3.63, 3.8) is 0 Å². The lowest BCUT2D eigenvalue weighted by molar-refractivity contribution is 0.215. The largest absolute Gasteiger partial charge is 0.385 e. The van der Waals surface area contributed by atoms with Crippen LogP contribution >= 0.6 is 23.5 Å². The molecule has 3 rings (SSSR count). The highest BCUT2D eigenvalue weighted by atomic mass is 32.2. The summed E-state index contributed by atoms with van der Waals surface area (Å²) in [4.78, 5) is 5.71. The zero-order valence-electron chi connectivity index (χ0n) is 16.3. The zero-order chi connectivity index (χ0) is 18.8. The fourth-order valence-corrected chi connectivity index (χ4v) is 4.72. The molecule has 3 N–H and O–H groups in total. The zero-order valence-corrected chi connectivity index (χ0v) is 18.0. The first-order valence-electron chi connectivity index (χ1n) is 9.26. The lowest BCUT2D eigenvalue weighted by Gasteiger charge is -2.25. The molecular weight excluding hydrogens is 350 g/mol. The Morgan fingerprint density at radius 3 is 2.64 bits per heavy atom. The molecule has 0 aromatic carbocycles. The molecule has 2 atom stereocenters. The quantitative estimate of drug-likeness (QED) is 0.664. The summed E-state index contributed by atoms with van der Waals surface area (Å²) < 4.78 is 0. The molecule has 2 heterocycles. The third kappa shape index (κ3) is 5.83. The molecule has 0 saturated heterocycles. The lowest BCUT2D eigenvalue weighted by atomic mass is 10.1. The highest BCUT2D eigenvalue weighted by Crippen LogP contribution is 2.32. The van der Waals surface area contributed by atoms with Crippen molar-refractivity contribution >= 4 is 28.7 Å². The minimum atomic E-state index is -0.637. The van der Waals surface area contributed by atoms with E-state index in [0.717, 1.165) is 35.8 Å². The molecule has 0 amide bonds. The van der Waals surface area contributed by atoms with Crippen LogP contribution in [0.25, 0.3) is 0 Å². The number of aliphatic hydroxyl groups excluding tert-OH is 1. The predicted octanol–water partition coefficient (Wildman–Crippen LogP) is 4.61. The molecule has 6 heteroatoms. The monoisotopic (exact) mass is 383 g/mol. The van der Waals surface area contributed by atoms with Crippen LogP contribution in [-0.2, 0) is 0 Å². The van der Waals surface area contributed by atoms with E-state index in [0.29, 0.717) is 6.04 Å². The van der Waals surface area contributed by atoms with Crippen molar-refractivity contribution in [2.75, 3.05) is 12.0 Å². The van der Waals surface area contributed by atoms with E-state index in [1.54, 1.807) is 23.5 Å². The van der Waals surface area contributed by atoms with Gasteiger partial charge in [0.1, 0.15) is 0 Å². The fraction of sp³-hybridized carbons (Fsp3) is 0.632. The average molecular weight is 384 g/mol. The highest BCUT2D eigenvalue weighted by Gasteiger charge is 2.26. The second-order valence-electron chi connectivity index (χ2n) is 5.39. The van der Waals surface area contributed by atoms with E-state index in [2.05, 4.69) is 34.9 Å². The molecular formula is C19H33N3OS2. The van der Waals surface area contributed by atoms with Gasteiger partial charge in [0.2, 0.25) is 0 Å². The summed E-state index contributed by atoms with van der Waals surface area (Å²) in [5.74, 6) is 0.885. The van der Waals surface area contributed by atoms with Crippen LogP contribution in [0.5, 0.6) is 0 Å². The van der Waals surface area contributed by atoms with E-state index in [4.69, 9.17) is 0 Å². The first-order chi connectivity index (χ1) is 12.2. The van der Waals surface area contributed by atoms with Crippen molar-refractivity contribution in [1.29, 1.82) is 0 Å². The van der Waals surface area contributed by atoms with Crippen molar-refractivity contribution in [2.24, 2.45) is 4.99 Å². The Morgan fingerprint density at radius 2 is 1.96 bits per heavy atom. The van der Waals surface area contributed by atoms with Crippen LogP contribution < -0.4 is 10.6 Å². The molecule has 0 aromatic rings. The SMILES string of the molecule is CC.CC.CSC1=C(CSC2=NC(O)C3=C(CCC3)N2)C(C)NC=C1. The number of amidine groups is 1.